The van der Waals surface area contributed by atoms with Gasteiger partial charge in [0.25, 0.3) is 5.56 Å². The number of carbonyl (C=O) groups excluding carboxylic acids is 1. The van der Waals surface area contributed by atoms with E-state index in [0.29, 0.717) is 21.9 Å². The van der Waals surface area contributed by atoms with Gasteiger partial charge in [0.2, 0.25) is 5.91 Å². The van der Waals surface area contributed by atoms with E-state index >= 15 is 0 Å². The van der Waals surface area contributed by atoms with Crippen molar-refractivity contribution in [2.45, 2.75) is 44.1 Å². The molecule has 174 valence electrons. The number of aromatic nitrogens is 2. The lowest BCUT2D eigenvalue weighted by atomic mass is 10.1. The molecule has 2 heterocycles. The summed E-state index contributed by atoms with van der Waals surface area (Å²) in [4.78, 5) is 31.8. The Bertz CT molecular complexity index is 1390. The van der Waals surface area contributed by atoms with E-state index in [2.05, 4.69) is 18.8 Å². The highest BCUT2D eigenvalue weighted by molar-refractivity contribution is 8.00. The molecule has 1 atom stereocenters. The van der Waals surface area contributed by atoms with E-state index in [0.717, 1.165) is 28.8 Å². The van der Waals surface area contributed by atoms with Gasteiger partial charge in [-0.2, -0.15) is 0 Å². The Hall–Kier alpha value is -3.16. The van der Waals surface area contributed by atoms with Crippen LogP contribution >= 0.6 is 23.1 Å². The number of thioether (sulfide) groups is 1. The third-order valence-corrected chi connectivity index (χ3v) is 7.58. The Morgan fingerprint density at radius 1 is 1.21 bits per heavy atom. The average Bonchev–Trinajstić information content (AvgIpc) is 3.26. The molecule has 1 amide bonds. The maximum atomic E-state index is 13.5. The van der Waals surface area contributed by atoms with Crippen LogP contribution in [-0.2, 0) is 17.8 Å². The van der Waals surface area contributed by atoms with E-state index in [1.807, 2.05) is 67.8 Å². The van der Waals surface area contributed by atoms with Crippen LogP contribution in [0.15, 0.2) is 76.5 Å². The normalized spacial score (nSPS) is 12.0. The van der Waals surface area contributed by atoms with Crippen molar-refractivity contribution in [3.05, 3.63) is 88.0 Å². The van der Waals surface area contributed by atoms with Gasteiger partial charge in [0.15, 0.2) is 5.16 Å². The quantitative estimate of drug-likeness (QED) is 0.179. The number of anilines is 1. The molecule has 2 aromatic heterocycles. The molecule has 1 unspecified atom stereocenters. The SMILES string of the molecule is C=CCn1c(SC(C)C(=O)Nc2ccc(CC)cc2)nc2scc(-c3ccc(C)cc3)c2c1=O. The van der Waals surface area contributed by atoms with Gasteiger partial charge in [0.1, 0.15) is 4.83 Å². The Morgan fingerprint density at radius 2 is 1.91 bits per heavy atom. The summed E-state index contributed by atoms with van der Waals surface area (Å²) >= 11 is 2.73. The molecule has 0 aliphatic carbocycles. The third-order valence-electron chi connectivity index (χ3n) is 5.61. The van der Waals surface area contributed by atoms with Crippen molar-refractivity contribution in [2.24, 2.45) is 0 Å². The molecule has 0 spiro atoms. The first-order valence-corrected chi connectivity index (χ1v) is 12.9. The second-order valence-corrected chi connectivity index (χ2v) is 10.3. The van der Waals surface area contributed by atoms with Crippen molar-refractivity contribution in [1.29, 1.82) is 0 Å². The molecule has 4 aromatic rings. The summed E-state index contributed by atoms with van der Waals surface area (Å²) in [5, 5.41) is 5.61. The molecule has 0 saturated heterocycles. The van der Waals surface area contributed by atoms with Gasteiger partial charge in [0, 0.05) is 23.2 Å². The van der Waals surface area contributed by atoms with Gasteiger partial charge in [-0.25, -0.2) is 4.98 Å². The summed E-state index contributed by atoms with van der Waals surface area (Å²) in [5.74, 6) is -0.139. The highest BCUT2D eigenvalue weighted by Crippen LogP contribution is 2.33. The summed E-state index contributed by atoms with van der Waals surface area (Å²) in [6.45, 7) is 10.1. The van der Waals surface area contributed by atoms with Crippen LogP contribution in [0.2, 0.25) is 0 Å². The number of benzene rings is 2. The van der Waals surface area contributed by atoms with Crippen molar-refractivity contribution in [3.8, 4) is 11.1 Å². The number of thiophene rings is 1. The Kier molecular flexibility index (Phi) is 7.34. The molecular weight excluding hydrogens is 462 g/mol. The topological polar surface area (TPSA) is 64.0 Å². The molecule has 2 aromatic carbocycles. The van der Waals surface area contributed by atoms with E-state index in [4.69, 9.17) is 4.98 Å². The zero-order chi connectivity index (χ0) is 24.2. The van der Waals surface area contributed by atoms with Crippen LogP contribution in [-0.4, -0.2) is 20.7 Å². The molecule has 5 nitrogen and oxygen atoms in total. The standard InChI is InChI=1S/C27H27N3O2S2/c1-5-15-30-26(32)23-22(20-11-7-17(3)8-12-20)16-33-25(23)29-27(30)34-18(4)24(31)28-21-13-9-19(6-2)10-14-21/h5,7-14,16,18H,1,6,15H2,2-4H3,(H,28,31). The van der Waals surface area contributed by atoms with Crippen LogP contribution < -0.4 is 10.9 Å². The maximum absolute atomic E-state index is 13.5. The van der Waals surface area contributed by atoms with Crippen molar-refractivity contribution < 1.29 is 4.79 Å². The van der Waals surface area contributed by atoms with Crippen molar-refractivity contribution >= 4 is 44.9 Å². The molecule has 0 radical (unpaired) electrons. The first-order chi connectivity index (χ1) is 16.4. The van der Waals surface area contributed by atoms with Crippen LogP contribution in [0.1, 0.15) is 25.0 Å². The van der Waals surface area contributed by atoms with Crippen LogP contribution in [0.4, 0.5) is 5.69 Å². The van der Waals surface area contributed by atoms with Crippen LogP contribution in [0, 0.1) is 6.92 Å². The number of aryl methyl sites for hydroxylation is 2. The van der Waals surface area contributed by atoms with E-state index in [1.54, 1.807) is 10.6 Å². The fraction of sp³-hybridized carbons (Fsp3) is 0.222. The zero-order valence-corrected chi connectivity index (χ0v) is 21.1. The highest BCUT2D eigenvalue weighted by atomic mass is 32.2. The fourth-order valence-corrected chi connectivity index (χ4v) is 5.52. The summed E-state index contributed by atoms with van der Waals surface area (Å²) in [6.07, 6.45) is 2.63. The van der Waals surface area contributed by atoms with E-state index in [-0.39, 0.29) is 11.5 Å². The largest absolute Gasteiger partial charge is 0.325 e. The lowest BCUT2D eigenvalue weighted by molar-refractivity contribution is -0.115. The minimum atomic E-state index is -0.442. The molecule has 34 heavy (non-hydrogen) atoms. The maximum Gasteiger partial charge on any atom is 0.263 e. The monoisotopic (exact) mass is 489 g/mol. The van der Waals surface area contributed by atoms with Gasteiger partial charge in [-0.15, -0.1) is 17.9 Å². The number of carbonyl (C=O) groups is 1. The fourth-order valence-electron chi connectivity index (χ4n) is 3.61. The van der Waals surface area contributed by atoms with Gasteiger partial charge in [-0.1, -0.05) is 66.7 Å². The smallest absolute Gasteiger partial charge is 0.263 e. The first kappa shape index (κ1) is 24.0. The second kappa shape index (κ2) is 10.4. The molecule has 0 aliphatic rings. The van der Waals surface area contributed by atoms with Gasteiger partial charge in [-0.05, 0) is 43.5 Å². The molecule has 4 rings (SSSR count). The second-order valence-electron chi connectivity index (χ2n) is 8.09. The average molecular weight is 490 g/mol. The number of fused-ring (bicyclic) bond motifs is 1. The molecular formula is C27H27N3O2S2. The number of allylic oxidation sites excluding steroid dienone is 1. The Morgan fingerprint density at radius 3 is 2.56 bits per heavy atom. The predicted molar refractivity (Wildman–Crippen MR) is 144 cm³/mol. The number of rotatable bonds is 8. The molecule has 0 saturated carbocycles. The van der Waals surface area contributed by atoms with Crippen LogP contribution in [0.25, 0.3) is 21.3 Å². The van der Waals surface area contributed by atoms with Crippen molar-refractivity contribution in [1.82, 2.24) is 9.55 Å². The minimum absolute atomic E-state index is 0.119. The zero-order valence-electron chi connectivity index (χ0n) is 19.5. The Labute approximate surface area is 207 Å². The van der Waals surface area contributed by atoms with Crippen molar-refractivity contribution in [3.63, 3.8) is 0 Å². The first-order valence-electron chi connectivity index (χ1n) is 11.2. The molecule has 0 fully saturated rings. The molecule has 1 N–H and O–H groups in total. The Balaban J connectivity index is 1.64. The predicted octanol–water partition coefficient (Wildman–Crippen LogP) is 6.30. The van der Waals surface area contributed by atoms with Crippen LogP contribution in [0.3, 0.4) is 0 Å². The van der Waals surface area contributed by atoms with Crippen LogP contribution in [0.5, 0.6) is 0 Å². The minimum Gasteiger partial charge on any atom is -0.325 e. The van der Waals surface area contributed by atoms with Gasteiger partial charge in [0.05, 0.1) is 10.6 Å². The van der Waals surface area contributed by atoms with Crippen molar-refractivity contribution in [2.75, 3.05) is 5.32 Å². The number of nitrogens with one attached hydrogen (secondary N) is 1. The lowest BCUT2D eigenvalue weighted by Crippen LogP contribution is -2.26. The number of hydrogen-bond donors (Lipinski definition) is 1. The van der Waals surface area contributed by atoms with Gasteiger partial charge in [-0.3, -0.25) is 14.2 Å². The number of hydrogen-bond acceptors (Lipinski definition) is 5. The molecule has 7 heteroatoms. The van der Waals surface area contributed by atoms with E-state index in [1.165, 1.54) is 28.7 Å². The highest BCUT2D eigenvalue weighted by Gasteiger charge is 2.21. The summed E-state index contributed by atoms with van der Waals surface area (Å²) in [7, 11) is 0. The number of amides is 1. The number of nitrogens with zero attached hydrogens (tertiary/aromatic N) is 2. The summed E-state index contributed by atoms with van der Waals surface area (Å²) in [6, 6.07) is 15.9. The van der Waals surface area contributed by atoms with E-state index < -0.39 is 5.25 Å². The summed E-state index contributed by atoms with van der Waals surface area (Å²) < 4.78 is 1.60. The molecule has 0 bridgehead atoms. The summed E-state index contributed by atoms with van der Waals surface area (Å²) in [5.41, 5.74) is 4.89. The van der Waals surface area contributed by atoms with Gasteiger partial charge >= 0.3 is 0 Å². The van der Waals surface area contributed by atoms with E-state index in [9.17, 15) is 9.59 Å². The third kappa shape index (κ3) is 5.00. The van der Waals surface area contributed by atoms with Gasteiger partial charge < -0.3 is 5.32 Å². The molecule has 0 aliphatic heterocycles. The lowest BCUT2D eigenvalue weighted by Gasteiger charge is -2.15.